The van der Waals surface area contributed by atoms with Crippen molar-refractivity contribution in [2.45, 2.75) is 64.6 Å². The van der Waals surface area contributed by atoms with Crippen LogP contribution in [0.4, 0.5) is 11.4 Å². The number of hydrogen-bond donors (Lipinski definition) is 1. The van der Waals surface area contributed by atoms with Gasteiger partial charge in [0.25, 0.3) is 5.69 Å². The molecule has 1 saturated heterocycles. The zero-order chi connectivity index (χ0) is 18.1. The summed E-state index contributed by atoms with van der Waals surface area (Å²) in [6.07, 6.45) is 4.32. The van der Waals surface area contributed by atoms with Gasteiger partial charge >= 0.3 is 0 Å². The van der Waals surface area contributed by atoms with Gasteiger partial charge in [0, 0.05) is 23.4 Å². The topological polar surface area (TPSA) is 79.0 Å². The Morgan fingerprint density at radius 2 is 2.00 bits per heavy atom. The van der Waals surface area contributed by atoms with Crippen LogP contribution in [0.25, 0.3) is 0 Å². The molecule has 0 aromatic heterocycles. The van der Waals surface area contributed by atoms with Gasteiger partial charge in [-0.15, -0.1) is 0 Å². The first kappa shape index (κ1) is 18.2. The number of hydrogen-bond acceptors (Lipinski definition) is 5. The highest BCUT2D eigenvalue weighted by Crippen LogP contribution is 2.37. The maximum absolute atomic E-state index is 11.1. The highest BCUT2D eigenvalue weighted by molar-refractivity contribution is 8.14. The van der Waals surface area contributed by atoms with Crippen molar-refractivity contribution in [2.75, 3.05) is 5.75 Å². The molecule has 0 spiro atoms. The molecular weight excluding hydrogens is 338 g/mol. The predicted octanol–water partition coefficient (Wildman–Crippen LogP) is 3.94. The molecule has 3 rings (SSSR count). The lowest BCUT2D eigenvalue weighted by atomic mass is 10.1. The molecule has 1 aromatic rings. The van der Waals surface area contributed by atoms with Gasteiger partial charge in [-0.3, -0.25) is 10.1 Å². The lowest BCUT2D eigenvalue weighted by Crippen LogP contribution is -2.46. The highest BCUT2D eigenvalue weighted by atomic mass is 32.2. The van der Waals surface area contributed by atoms with Crippen LogP contribution in [-0.4, -0.2) is 44.0 Å². The summed E-state index contributed by atoms with van der Waals surface area (Å²) in [7, 11) is 0. The molecule has 1 aliphatic carbocycles. The van der Waals surface area contributed by atoms with Crippen molar-refractivity contribution >= 4 is 28.3 Å². The summed E-state index contributed by atoms with van der Waals surface area (Å²) in [6.45, 7) is 5.50. The van der Waals surface area contributed by atoms with Gasteiger partial charge < -0.3 is 10.0 Å². The molecule has 0 bridgehead atoms. The van der Waals surface area contributed by atoms with Crippen molar-refractivity contribution in [3.63, 3.8) is 0 Å². The van der Waals surface area contributed by atoms with Gasteiger partial charge in [0.1, 0.15) is 0 Å². The van der Waals surface area contributed by atoms with E-state index in [-0.39, 0.29) is 16.7 Å². The average molecular weight is 363 g/mol. The minimum absolute atomic E-state index is 0.0892. The first-order valence-electron chi connectivity index (χ1n) is 8.82. The average Bonchev–Trinajstić information content (AvgIpc) is 3.20. The van der Waals surface area contributed by atoms with Crippen LogP contribution in [0.5, 0.6) is 0 Å². The molecule has 1 aromatic carbocycles. The first-order chi connectivity index (χ1) is 11.9. The molecule has 1 aliphatic heterocycles. The summed E-state index contributed by atoms with van der Waals surface area (Å²) in [5.74, 6) is 0.831. The molecule has 0 amide bonds. The summed E-state index contributed by atoms with van der Waals surface area (Å²) in [5.41, 5.74) is 2.42. The molecule has 0 radical (unpaired) electrons. The molecule has 136 valence electrons. The number of amidine groups is 1. The molecule has 1 heterocycles. The Labute approximate surface area is 152 Å². The van der Waals surface area contributed by atoms with Gasteiger partial charge in [0.15, 0.2) is 5.17 Å². The SMILES string of the molecule is Cc1c(N=C2SC[C@@H]([C@@H](C)O)N2C2CCCC2)ccc([N+](=O)[O-])c1C. The van der Waals surface area contributed by atoms with Crippen LogP contribution in [-0.2, 0) is 0 Å². The predicted molar refractivity (Wildman–Crippen MR) is 102 cm³/mol. The van der Waals surface area contributed by atoms with Gasteiger partial charge in [-0.2, -0.15) is 0 Å². The Morgan fingerprint density at radius 3 is 2.60 bits per heavy atom. The number of thioether (sulfide) groups is 1. The van der Waals surface area contributed by atoms with Crippen molar-refractivity contribution in [3.05, 3.63) is 33.4 Å². The number of nitro groups is 1. The van der Waals surface area contributed by atoms with Gasteiger partial charge in [0.2, 0.25) is 0 Å². The van der Waals surface area contributed by atoms with E-state index < -0.39 is 6.10 Å². The maximum atomic E-state index is 11.1. The Morgan fingerprint density at radius 1 is 1.32 bits per heavy atom. The van der Waals surface area contributed by atoms with Crippen LogP contribution < -0.4 is 0 Å². The minimum atomic E-state index is -0.402. The molecule has 7 heteroatoms. The van der Waals surface area contributed by atoms with E-state index >= 15 is 0 Å². The molecule has 25 heavy (non-hydrogen) atoms. The summed E-state index contributed by atoms with van der Waals surface area (Å²) in [4.78, 5) is 17.9. The molecule has 1 N–H and O–H groups in total. The highest BCUT2D eigenvalue weighted by Gasteiger charge is 2.39. The van der Waals surface area contributed by atoms with Gasteiger partial charge in [-0.25, -0.2) is 4.99 Å². The van der Waals surface area contributed by atoms with Crippen molar-refractivity contribution in [1.82, 2.24) is 4.90 Å². The third-order valence-corrected chi connectivity index (χ3v) is 6.45. The fraction of sp³-hybridized carbons (Fsp3) is 0.611. The minimum Gasteiger partial charge on any atom is -0.391 e. The number of aliphatic hydroxyl groups excluding tert-OH is 1. The van der Waals surface area contributed by atoms with E-state index in [0.717, 1.165) is 35.0 Å². The zero-order valence-electron chi connectivity index (χ0n) is 14.9. The van der Waals surface area contributed by atoms with Gasteiger partial charge in [-0.05, 0) is 45.2 Å². The van der Waals surface area contributed by atoms with Gasteiger partial charge in [-0.1, -0.05) is 24.6 Å². The second-order valence-corrected chi connectivity index (χ2v) is 7.96. The third-order valence-electron chi connectivity index (χ3n) is 5.38. The van der Waals surface area contributed by atoms with Crippen molar-refractivity contribution in [3.8, 4) is 0 Å². The Balaban J connectivity index is 1.96. The number of nitrogens with zero attached hydrogens (tertiary/aromatic N) is 3. The number of nitro benzene ring substituents is 1. The maximum Gasteiger partial charge on any atom is 0.272 e. The summed E-state index contributed by atoms with van der Waals surface area (Å²) in [6, 6.07) is 3.79. The largest absolute Gasteiger partial charge is 0.391 e. The second kappa shape index (κ2) is 7.33. The van der Waals surface area contributed by atoms with E-state index in [9.17, 15) is 15.2 Å². The Bertz CT molecular complexity index is 699. The fourth-order valence-electron chi connectivity index (χ4n) is 3.74. The first-order valence-corrected chi connectivity index (χ1v) is 9.81. The van der Waals surface area contributed by atoms with E-state index in [2.05, 4.69) is 4.90 Å². The quantitative estimate of drug-likeness (QED) is 0.647. The monoisotopic (exact) mass is 363 g/mol. The standard InChI is InChI=1S/C18H25N3O3S/c1-11-12(2)16(21(23)24)9-8-15(11)19-18-20(14-6-4-5-7-14)17(10-25-18)13(3)22/h8-9,13-14,17,22H,4-7,10H2,1-3H3/t13-,17+/m1/s1. The Hall–Kier alpha value is -1.60. The summed E-state index contributed by atoms with van der Waals surface area (Å²) >= 11 is 1.68. The summed E-state index contributed by atoms with van der Waals surface area (Å²) < 4.78 is 0. The van der Waals surface area contributed by atoms with Crippen molar-refractivity contribution < 1.29 is 10.0 Å². The molecule has 2 aliphatic rings. The number of aliphatic hydroxyl groups is 1. The molecular formula is C18H25N3O3S. The number of rotatable bonds is 4. The summed E-state index contributed by atoms with van der Waals surface area (Å²) in [5, 5.41) is 22.2. The lowest BCUT2D eigenvalue weighted by Gasteiger charge is -2.33. The molecule has 0 unspecified atom stereocenters. The zero-order valence-corrected chi connectivity index (χ0v) is 15.8. The van der Waals surface area contributed by atoms with Crippen LogP contribution in [0.1, 0.15) is 43.7 Å². The van der Waals surface area contributed by atoms with E-state index in [0.29, 0.717) is 11.6 Å². The van der Waals surface area contributed by atoms with Crippen LogP contribution in [0.3, 0.4) is 0 Å². The van der Waals surface area contributed by atoms with Crippen molar-refractivity contribution in [2.24, 2.45) is 4.99 Å². The van der Waals surface area contributed by atoms with E-state index in [4.69, 9.17) is 4.99 Å². The van der Waals surface area contributed by atoms with Crippen LogP contribution in [0, 0.1) is 24.0 Å². The van der Waals surface area contributed by atoms with Crippen LogP contribution >= 0.6 is 11.8 Å². The third kappa shape index (κ3) is 3.53. The lowest BCUT2D eigenvalue weighted by molar-refractivity contribution is -0.385. The van der Waals surface area contributed by atoms with E-state index in [1.165, 1.54) is 18.9 Å². The molecule has 2 fully saturated rings. The normalized spacial score (nSPS) is 24.2. The fourth-order valence-corrected chi connectivity index (χ4v) is 5.10. The Kier molecular flexibility index (Phi) is 5.34. The molecule has 2 atom stereocenters. The number of aliphatic imine (C=N–C) groups is 1. The van der Waals surface area contributed by atoms with E-state index in [1.54, 1.807) is 24.8 Å². The molecule has 6 nitrogen and oxygen atoms in total. The van der Waals surface area contributed by atoms with E-state index in [1.807, 2.05) is 13.8 Å². The van der Waals surface area contributed by atoms with Crippen molar-refractivity contribution in [1.29, 1.82) is 0 Å². The van der Waals surface area contributed by atoms with Gasteiger partial charge in [0.05, 0.1) is 22.8 Å². The van der Waals surface area contributed by atoms with Crippen LogP contribution in [0.15, 0.2) is 17.1 Å². The molecule has 1 saturated carbocycles. The second-order valence-electron chi connectivity index (χ2n) is 6.97. The number of benzene rings is 1. The van der Waals surface area contributed by atoms with Crippen LogP contribution in [0.2, 0.25) is 0 Å². The smallest absolute Gasteiger partial charge is 0.272 e.